The third-order valence-electron chi connectivity index (χ3n) is 3.40. The first-order valence-corrected chi connectivity index (χ1v) is 8.26. The molecule has 1 saturated carbocycles. The summed E-state index contributed by atoms with van der Waals surface area (Å²) in [6.45, 7) is 0.778. The number of rotatable bonds is 5. The first-order chi connectivity index (χ1) is 9.98. The van der Waals surface area contributed by atoms with Crippen LogP contribution in [0.4, 0.5) is 0 Å². The minimum atomic E-state index is -3.58. The molecular formula is C15H20N2O3S. The molecule has 114 valence electrons. The maximum atomic E-state index is 12.7. The van der Waals surface area contributed by atoms with Crippen molar-refractivity contribution >= 4 is 10.0 Å². The lowest BCUT2D eigenvalue weighted by atomic mass is 10.2. The Hall–Kier alpha value is -1.55. The van der Waals surface area contributed by atoms with Crippen LogP contribution in [0.5, 0.6) is 5.75 Å². The van der Waals surface area contributed by atoms with E-state index >= 15 is 0 Å². The molecule has 2 N–H and O–H groups in total. The monoisotopic (exact) mass is 308 g/mol. The average Bonchev–Trinajstić information content (AvgIpc) is 3.28. The summed E-state index contributed by atoms with van der Waals surface area (Å²) in [6.07, 6.45) is 2.19. The maximum absolute atomic E-state index is 12.7. The Morgan fingerprint density at radius 3 is 2.71 bits per heavy atom. The summed E-state index contributed by atoms with van der Waals surface area (Å²) in [5.41, 5.74) is 5.95. The number of hydrogen-bond donors (Lipinski definition) is 1. The molecule has 0 saturated heterocycles. The summed E-state index contributed by atoms with van der Waals surface area (Å²) in [6, 6.07) is 4.89. The first-order valence-electron chi connectivity index (χ1n) is 6.82. The van der Waals surface area contributed by atoms with Crippen LogP contribution in [0.25, 0.3) is 0 Å². The number of methoxy groups -OCH3 is 1. The van der Waals surface area contributed by atoms with Gasteiger partial charge in [-0.3, -0.25) is 0 Å². The van der Waals surface area contributed by atoms with Gasteiger partial charge in [0.15, 0.2) is 0 Å². The summed E-state index contributed by atoms with van der Waals surface area (Å²) < 4.78 is 31.9. The molecule has 21 heavy (non-hydrogen) atoms. The van der Waals surface area contributed by atoms with Crippen molar-refractivity contribution in [2.45, 2.75) is 17.7 Å². The van der Waals surface area contributed by atoms with Gasteiger partial charge in [-0.2, -0.15) is 0 Å². The molecule has 0 atom stereocenters. The van der Waals surface area contributed by atoms with Crippen LogP contribution >= 0.6 is 0 Å². The van der Waals surface area contributed by atoms with Crippen LogP contribution in [0.1, 0.15) is 18.4 Å². The minimum absolute atomic E-state index is 0.150. The van der Waals surface area contributed by atoms with E-state index in [9.17, 15) is 8.42 Å². The molecule has 0 aromatic heterocycles. The lowest BCUT2D eigenvalue weighted by molar-refractivity contribution is 0.396. The molecule has 1 aromatic rings. The highest BCUT2D eigenvalue weighted by Gasteiger charge is 2.31. The van der Waals surface area contributed by atoms with Crippen molar-refractivity contribution in [3.05, 3.63) is 23.8 Å². The quantitative estimate of drug-likeness (QED) is 0.825. The van der Waals surface area contributed by atoms with E-state index in [1.165, 1.54) is 11.4 Å². The topological polar surface area (TPSA) is 72.6 Å². The van der Waals surface area contributed by atoms with Gasteiger partial charge in [-0.25, -0.2) is 12.7 Å². The molecule has 1 fully saturated rings. The lowest BCUT2D eigenvalue weighted by Gasteiger charge is -2.18. The minimum Gasteiger partial charge on any atom is -0.495 e. The zero-order valence-corrected chi connectivity index (χ0v) is 13.1. The first kappa shape index (κ1) is 15.8. The molecule has 5 nitrogen and oxygen atoms in total. The van der Waals surface area contributed by atoms with Crippen LogP contribution < -0.4 is 10.5 Å². The van der Waals surface area contributed by atoms with Crippen LogP contribution in [0.15, 0.2) is 23.1 Å². The largest absolute Gasteiger partial charge is 0.495 e. The Morgan fingerprint density at radius 1 is 1.43 bits per heavy atom. The Morgan fingerprint density at radius 2 is 2.14 bits per heavy atom. The van der Waals surface area contributed by atoms with Crippen molar-refractivity contribution in [3.8, 4) is 17.6 Å². The van der Waals surface area contributed by atoms with Crippen molar-refractivity contribution in [2.24, 2.45) is 11.7 Å². The maximum Gasteiger partial charge on any atom is 0.246 e. The van der Waals surface area contributed by atoms with E-state index in [-0.39, 0.29) is 11.4 Å². The van der Waals surface area contributed by atoms with Gasteiger partial charge in [0.05, 0.1) is 13.7 Å². The summed E-state index contributed by atoms with van der Waals surface area (Å²) in [5, 5.41) is 0. The highest BCUT2D eigenvalue weighted by Crippen LogP contribution is 2.33. The number of benzene rings is 1. The van der Waals surface area contributed by atoms with Crippen molar-refractivity contribution in [3.63, 3.8) is 0 Å². The van der Waals surface area contributed by atoms with Crippen LogP contribution in [0.3, 0.4) is 0 Å². The van der Waals surface area contributed by atoms with Crippen molar-refractivity contribution in [1.29, 1.82) is 0 Å². The third kappa shape index (κ3) is 3.76. The SMILES string of the molecule is COc1ccc(C#CCN)cc1S(=O)(=O)N(C)CC1CC1. The van der Waals surface area contributed by atoms with Gasteiger partial charge in [-0.1, -0.05) is 11.8 Å². The number of sulfonamides is 1. The molecule has 0 radical (unpaired) electrons. The van der Waals surface area contributed by atoms with Crippen molar-refractivity contribution in [2.75, 3.05) is 27.2 Å². The van der Waals surface area contributed by atoms with Gasteiger partial charge in [0.25, 0.3) is 0 Å². The number of ether oxygens (including phenoxy) is 1. The van der Waals surface area contributed by atoms with Crippen LogP contribution in [0.2, 0.25) is 0 Å². The molecule has 0 spiro atoms. The predicted molar refractivity (Wildman–Crippen MR) is 81.5 cm³/mol. The second-order valence-electron chi connectivity index (χ2n) is 5.10. The summed E-state index contributed by atoms with van der Waals surface area (Å²) >= 11 is 0. The second-order valence-corrected chi connectivity index (χ2v) is 7.11. The smallest absolute Gasteiger partial charge is 0.246 e. The molecule has 1 aromatic carbocycles. The molecule has 0 bridgehead atoms. The molecule has 0 unspecified atom stereocenters. The van der Waals surface area contributed by atoms with Crippen molar-refractivity contribution in [1.82, 2.24) is 4.31 Å². The molecule has 1 aliphatic rings. The molecule has 2 rings (SSSR count). The Bertz CT molecular complexity index is 670. The highest BCUT2D eigenvalue weighted by atomic mass is 32.2. The molecule has 1 aliphatic carbocycles. The van der Waals surface area contributed by atoms with Gasteiger partial charge in [0.2, 0.25) is 10.0 Å². The van der Waals surface area contributed by atoms with Gasteiger partial charge >= 0.3 is 0 Å². The van der Waals surface area contributed by atoms with E-state index in [0.717, 1.165) is 12.8 Å². The number of nitrogens with two attached hydrogens (primary N) is 1. The van der Waals surface area contributed by atoms with Crippen molar-refractivity contribution < 1.29 is 13.2 Å². The number of nitrogens with zero attached hydrogens (tertiary/aromatic N) is 1. The zero-order chi connectivity index (χ0) is 15.5. The van der Waals surface area contributed by atoms with Gasteiger partial charge in [0, 0.05) is 19.2 Å². The fourth-order valence-electron chi connectivity index (χ4n) is 2.04. The second kappa shape index (κ2) is 6.48. The Kier molecular flexibility index (Phi) is 4.88. The number of hydrogen-bond acceptors (Lipinski definition) is 4. The average molecular weight is 308 g/mol. The van der Waals surface area contributed by atoms with Gasteiger partial charge < -0.3 is 10.5 Å². The molecule has 6 heteroatoms. The summed E-state index contributed by atoms with van der Waals surface area (Å²) in [7, 11) is -0.514. The van der Waals surface area contributed by atoms with Crippen LogP contribution in [-0.2, 0) is 10.0 Å². The summed E-state index contributed by atoms with van der Waals surface area (Å²) in [5.74, 6) is 6.38. The van der Waals surface area contributed by atoms with E-state index in [2.05, 4.69) is 11.8 Å². The highest BCUT2D eigenvalue weighted by molar-refractivity contribution is 7.89. The van der Waals surface area contributed by atoms with Crippen LogP contribution in [-0.4, -0.2) is 40.0 Å². The normalized spacial score (nSPS) is 14.7. The fourth-order valence-corrected chi connectivity index (χ4v) is 3.46. The van der Waals surface area contributed by atoms with E-state index in [0.29, 0.717) is 23.8 Å². The molecule has 0 amide bonds. The van der Waals surface area contributed by atoms with Gasteiger partial charge in [-0.05, 0) is 37.0 Å². The lowest BCUT2D eigenvalue weighted by Crippen LogP contribution is -2.29. The molecular weight excluding hydrogens is 288 g/mol. The Balaban J connectivity index is 2.38. The van der Waals surface area contributed by atoms with E-state index < -0.39 is 10.0 Å². The van der Waals surface area contributed by atoms with E-state index in [1.807, 2.05) is 0 Å². The third-order valence-corrected chi connectivity index (χ3v) is 5.24. The van der Waals surface area contributed by atoms with Crippen LogP contribution in [0, 0.1) is 17.8 Å². The molecule has 0 heterocycles. The predicted octanol–water partition coefficient (Wildman–Crippen LogP) is 1.04. The fraction of sp³-hybridized carbons (Fsp3) is 0.467. The standard InChI is InChI=1S/C15H20N2O3S/c1-17(11-13-5-6-13)21(18,19)15-10-12(4-3-9-16)7-8-14(15)20-2/h7-8,10,13H,5-6,9,11,16H2,1-2H3. The Labute approximate surface area is 126 Å². The van der Waals surface area contributed by atoms with Gasteiger partial charge in [-0.15, -0.1) is 0 Å². The van der Waals surface area contributed by atoms with E-state index in [4.69, 9.17) is 10.5 Å². The molecule has 0 aliphatic heterocycles. The van der Waals surface area contributed by atoms with Gasteiger partial charge in [0.1, 0.15) is 10.6 Å². The van der Waals surface area contributed by atoms with E-state index in [1.54, 1.807) is 25.2 Å². The zero-order valence-electron chi connectivity index (χ0n) is 12.3. The summed E-state index contributed by atoms with van der Waals surface area (Å²) in [4.78, 5) is 0.150.